The summed E-state index contributed by atoms with van der Waals surface area (Å²) >= 11 is 6.04. The number of hydrogen-bond acceptors (Lipinski definition) is 3. The fourth-order valence-electron chi connectivity index (χ4n) is 3.46. The zero-order valence-electron chi connectivity index (χ0n) is 12.4. The van der Waals surface area contributed by atoms with E-state index in [1.54, 1.807) is 18.2 Å². The summed E-state index contributed by atoms with van der Waals surface area (Å²) in [6, 6.07) is 5.91. The fourth-order valence-corrected chi connectivity index (χ4v) is 3.64. The average molecular weight is 308 g/mol. The zero-order chi connectivity index (χ0) is 15.0. The molecule has 0 aliphatic carbocycles. The normalized spacial score (nSPS) is 26.5. The van der Waals surface area contributed by atoms with E-state index in [0.29, 0.717) is 22.3 Å². The van der Waals surface area contributed by atoms with E-state index in [9.17, 15) is 4.79 Å². The van der Waals surface area contributed by atoms with Crippen LogP contribution >= 0.6 is 11.6 Å². The first kappa shape index (κ1) is 14.7. The van der Waals surface area contributed by atoms with Crippen LogP contribution in [0.15, 0.2) is 18.2 Å². The number of piperazine rings is 1. The quantitative estimate of drug-likeness (QED) is 0.811. The Bertz CT molecular complexity index is 548. The number of nitrogens with two attached hydrogens (primary N) is 1. The first-order chi connectivity index (χ1) is 10.1. The molecule has 2 heterocycles. The van der Waals surface area contributed by atoms with Crippen molar-refractivity contribution in [2.24, 2.45) is 0 Å². The van der Waals surface area contributed by atoms with Gasteiger partial charge in [-0.15, -0.1) is 0 Å². The van der Waals surface area contributed by atoms with Gasteiger partial charge >= 0.3 is 0 Å². The van der Waals surface area contributed by atoms with Crippen LogP contribution in [0.4, 0.5) is 5.69 Å². The van der Waals surface area contributed by atoms with Crippen LogP contribution in [0.5, 0.6) is 0 Å². The second-order valence-corrected chi connectivity index (χ2v) is 6.59. The third-order valence-corrected chi connectivity index (χ3v) is 5.02. The number of amides is 1. The molecule has 2 aliphatic heterocycles. The van der Waals surface area contributed by atoms with Crippen molar-refractivity contribution in [1.82, 2.24) is 9.80 Å². The Morgan fingerprint density at radius 2 is 2.14 bits per heavy atom. The van der Waals surface area contributed by atoms with Crippen molar-refractivity contribution in [1.29, 1.82) is 0 Å². The maximum atomic E-state index is 12.8. The number of carbonyl (C=O) groups excluding carboxylic acids is 1. The fraction of sp³-hybridized carbons (Fsp3) is 0.562. The second kappa shape index (κ2) is 5.85. The lowest BCUT2D eigenvalue weighted by Gasteiger charge is -2.47. The van der Waals surface area contributed by atoms with Crippen molar-refractivity contribution < 1.29 is 4.79 Å². The van der Waals surface area contributed by atoms with Gasteiger partial charge in [0.25, 0.3) is 5.91 Å². The first-order valence-corrected chi connectivity index (χ1v) is 8.04. The highest BCUT2D eigenvalue weighted by Gasteiger charge is 2.35. The van der Waals surface area contributed by atoms with Crippen molar-refractivity contribution in [2.75, 3.05) is 25.4 Å². The lowest BCUT2D eigenvalue weighted by atomic mass is 9.96. The molecule has 0 aromatic heterocycles. The molecule has 3 rings (SSSR count). The van der Waals surface area contributed by atoms with Crippen LogP contribution in [-0.2, 0) is 0 Å². The van der Waals surface area contributed by atoms with Crippen molar-refractivity contribution >= 4 is 23.2 Å². The average Bonchev–Trinajstić information content (AvgIpc) is 2.48. The van der Waals surface area contributed by atoms with Crippen LogP contribution in [0.25, 0.3) is 0 Å². The Morgan fingerprint density at radius 3 is 2.90 bits per heavy atom. The van der Waals surface area contributed by atoms with Crippen molar-refractivity contribution in [3.05, 3.63) is 28.8 Å². The first-order valence-electron chi connectivity index (χ1n) is 7.66. The Labute approximate surface area is 130 Å². The smallest absolute Gasteiger partial charge is 0.254 e. The van der Waals surface area contributed by atoms with E-state index in [4.69, 9.17) is 17.3 Å². The van der Waals surface area contributed by atoms with E-state index >= 15 is 0 Å². The van der Waals surface area contributed by atoms with Crippen LogP contribution in [-0.4, -0.2) is 47.4 Å². The molecule has 4 nitrogen and oxygen atoms in total. The molecule has 0 spiro atoms. The summed E-state index contributed by atoms with van der Waals surface area (Å²) in [6.45, 7) is 5.09. The van der Waals surface area contributed by atoms with Crippen LogP contribution in [0.2, 0.25) is 5.02 Å². The third kappa shape index (κ3) is 2.87. The highest BCUT2D eigenvalue weighted by molar-refractivity contribution is 6.33. The molecule has 5 heteroatoms. The van der Waals surface area contributed by atoms with E-state index in [-0.39, 0.29) is 11.9 Å². The lowest BCUT2D eigenvalue weighted by Crippen LogP contribution is -2.60. The summed E-state index contributed by atoms with van der Waals surface area (Å²) in [4.78, 5) is 17.3. The van der Waals surface area contributed by atoms with Gasteiger partial charge in [0.05, 0.1) is 10.7 Å². The largest absolute Gasteiger partial charge is 0.398 e. The summed E-state index contributed by atoms with van der Waals surface area (Å²) in [6.07, 6.45) is 3.75. The van der Waals surface area contributed by atoms with E-state index < -0.39 is 0 Å². The van der Waals surface area contributed by atoms with Crippen LogP contribution < -0.4 is 5.73 Å². The maximum Gasteiger partial charge on any atom is 0.254 e. The van der Waals surface area contributed by atoms with Gasteiger partial charge in [-0.3, -0.25) is 9.69 Å². The molecule has 0 saturated carbocycles. The highest BCUT2D eigenvalue weighted by Crippen LogP contribution is 2.26. The van der Waals surface area contributed by atoms with E-state index in [1.807, 2.05) is 4.90 Å². The summed E-state index contributed by atoms with van der Waals surface area (Å²) < 4.78 is 0. The molecule has 114 valence electrons. The summed E-state index contributed by atoms with van der Waals surface area (Å²) in [7, 11) is 0. The minimum atomic E-state index is 0.0645. The molecular formula is C16H22ClN3O. The number of piperidine rings is 1. The Morgan fingerprint density at radius 1 is 1.33 bits per heavy atom. The molecule has 0 bridgehead atoms. The number of fused-ring (bicyclic) bond motifs is 1. The topological polar surface area (TPSA) is 49.6 Å². The van der Waals surface area contributed by atoms with Crippen molar-refractivity contribution in [3.63, 3.8) is 0 Å². The van der Waals surface area contributed by atoms with Gasteiger partial charge in [0, 0.05) is 30.7 Å². The Balaban J connectivity index is 1.78. The molecule has 1 amide bonds. The van der Waals surface area contributed by atoms with Gasteiger partial charge in [-0.1, -0.05) is 18.0 Å². The van der Waals surface area contributed by atoms with Crippen LogP contribution in [0.1, 0.15) is 36.5 Å². The third-order valence-electron chi connectivity index (χ3n) is 4.70. The Hall–Kier alpha value is -1.26. The molecule has 2 fully saturated rings. The molecule has 1 aromatic rings. The van der Waals surface area contributed by atoms with Crippen LogP contribution in [0, 0.1) is 0 Å². The minimum absolute atomic E-state index is 0.0645. The Kier molecular flexibility index (Phi) is 4.09. The van der Waals surface area contributed by atoms with E-state index in [0.717, 1.165) is 13.1 Å². The van der Waals surface area contributed by atoms with Gasteiger partial charge in [0.15, 0.2) is 0 Å². The molecule has 1 aromatic carbocycles. The maximum absolute atomic E-state index is 12.8. The molecule has 2 N–H and O–H groups in total. The zero-order valence-corrected chi connectivity index (χ0v) is 13.1. The SMILES string of the molecule is CC1CN2CCCCC2CN1C(=O)c1ccc(N)c(Cl)c1. The minimum Gasteiger partial charge on any atom is -0.398 e. The van der Waals surface area contributed by atoms with Crippen molar-refractivity contribution in [3.8, 4) is 0 Å². The van der Waals surface area contributed by atoms with Crippen molar-refractivity contribution in [2.45, 2.75) is 38.3 Å². The molecule has 2 unspecified atom stereocenters. The van der Waals surface area contributed by atoms with Crippen LogP contribution in [0.3, 0.4) is 0 Å². The number of carbonyl (C=O) groups is 1. The predicted octanol–water partition coefficient (Wildman–Crippen LogP) is 2.62. The standard InChI is InChI=1S/C16H22ClN3O/c1-11-9-19-7-3-2-4-13(19)10-20(11)16(21)12-5-6-15(18)14(17)8-12/h5-6,8,11,13H,2-4,7,9-10,18H2,1H3. The van der Waals surface area contributed by atoms with Gasteiger partial charge in [-0.25, -0.2) is 0 Å². The van der Waals surface area contributed by atoms with E-state index in [2.05, 4.69) is 11.8 Å². The van der Waals surface area contributed by atoms with Gasteiger partial charge in [-0.05, 0) is 44.5 Å². The van der Waals surface area contributed by atoms with E-state index in [1.165, 1.54) is 25.8 Å². The molecule has 0 radical (unpaired) electrons. The number of benzene rings is 1. The predicted molar refractivity (Wildman–Crippen MR) is 85.6 cm³/mol. The van der Waals surface area contributed by atoms with Gasteiger partial charge in [-0.2, -0.15) is 0 Å². The molecule has 2 aliphatic rings. The molecular weight excluding hydrogens is 286 g/mol. The molecule has 21 heavy (non-hydrogen) atoms. The summed E-state index contributed by atoms with van der Waals surface area (Å²) in [5, 5.41) is 0.449. The van der Waals surface area contributed by atoms with Gasteiger partial charge in [0.1, 0.15) is 0 Å². The molecule has 2 atom stereocenters. The molecule has 2 saturated heterocycles. The van der Waals surface area contributed by atoms with Gasteiger partial charge in [0.2, 0.25) is 0 Å². The highest BCUT2D eigenvalue weighted by atomic mass is 35.5. The monoisotopic (exact) mass is 307 g/mol. The second-order valence-electron chi connectivity index (χ2n) is 6.19. The number of rotatable bonds is 1. The number of hydrogen-bond donors (Lipinski definition) is 1. The summed E-state index contributed by atoms with van der Waals surface area (Å²) in [5.74, 6) is 0.0645. The summed E-state index contributed by atoms with van der Waals surface area (Å²) in [5.41, 5.74) is 6.86. The number of nitrogen functional groups attached to an aromatic ring is 1. The lowest BCUT2D eigenvalue weighted by molar-refractivity contribution is 0.0152. The number of halogens is 1. The number of anilines is 1. The van der Waals surface area contributed by atoms with Gasteiger partial charge < -0.3 is 10.6 Å². The number of nitrogens with zero attached hydrogens (tertiary/aromatic N) is 2.